The maximum absolute atomic E-state index is 12.5. The van der Waals surface area contributed by atoms with E-state index in [2.05, 4.69) is 141 Å². The Kier molecular flexibility index (Phi) is 57.9. The highest BCUT2D eigenvalue weighted by Crippen LogP contribution is 2.16. The first-order valence-electron chi connectivity index (χ1n) is 29.9. The summed E-state index contributed by atoms with van der Waals surface area (Å²) in [6.45, 7) is 4.19. The second kappa shape index (κ2) is 60.8. The number of hydrogen-bond acceptors (Lipinski definition) is 3. The van der Waals surface area contributed by atoms with Crippen LogP contribution in [0.5, 0.6) is 0 Å². The molecule has 2 atom stereocenters. The van der Waals surface area contributed by atoms with Crippen molar-refractivity contribution in [2.75, 3.05) is 6.61 Å². The average molecular weight is 981 g/mol. The summed E-state index contributed by atoms with van der Waals surface area (Å²) in [7, 11) is 0. The summed E-state index contributed by atoms with van der Waals surface area (Å²) in [5, 5.41) is 23.2. The molecule has 404 valence electrons. The summed E-state index contributed by atoms with van der Waals surface area (Å²) in [4.78, 5) is 12.5. The molecule has 4 nitrogen and oxygen atoms in total. The van der Waals surface area contributed by atoms with E-state index in [1.54, 1.807) is 6.08 Å². The van der Waals surface area contributed by atoms with E-state index in [9.17, 15) is 15.0 Å². The molecule has 0 aliphatic rings. The Labute approximate surface area is 441 Å². The summed E-state index contributed by atoms with van der Waals surface area (Å²) in [6, 6.07) is -0.647. The van der Waals surface area contributed by atoms with Crippen LogP contribution in [0.1, 0.15) is 264 Å². The SMILES string of the molecule is CC/C=C\C/C=C\C/C=C\C/C=C\C/C=C\C/C=C\C/C=C\C/C=C\C/C=C\C/C=C\CCCCCCC(=O)NC(CO)C(O)/C=C/CCCCCCCCCCCCCCCCCCCCCCCC. The number of nitrogens with one attached hydrogen (secondary N) is 1. The number of unbranched alkanes of at least 4 members (excludes halogenated alkanes) is 26. The molecule has 71 heavy (non-hydrogen) atoms. The van der Waals surface area contributed by atoms with Crippen molar-refractivity contribution in [3.8, 4) is 0 Å². The summed E-state index contributed by atoms with van der Waals surface area (Å²) in [5.74, 6) is -0.0917. The fourth-order valence-electron chi connectivity index (χ4n) is 8.38. The molecule has 0 rings (SSSR count). The number of amides is 1. The summed E-state index contributed by atoms with van der Waals surface area (Å²) in [5.41, 5.74) is 0. The van der Waals surface area contributed by atoms with Gasteiger partial charge in [-0.1, -0.05) is 295 Å². The van der Waals surface area contributed by atoms with E-state index >= 15 is 0 Å². The highest BCUT2D eigenvalue weighted by atomic mass is 16.3. The van der Waals surface area contributed by atoms with Crippen molar-refractivity contribution in [3.05, 3.63) is 134 Å². The molecule has 0 bridgehead atoms. The van der Waals surface area contributed by atoms with Crippen LogP contribution in [0.2, 0.25) is 0 Å². The number of carbonyl (C=O) groups is 1. The molecule has 0 aromatic carbocycles. The second-order valence-electron chi connectivity index (χ2n) is 19.7. The molecule has 3 N–H and O–H groups in total. The predicted octanol–water partition coefficient (Wildman–Crippen LogP) is 20.2. The van der Waals surface area contributed by atoms with Gasteiger partial charge in [0.25, 0.3) is 0 Å². The molecule has 0 aromatic rings. The number of aliphatic hydroxyl groups excluding tert-OH is 2. The number of rotatable bonds is 53. The normalized spacial score (nSPS) is 13.8. The van der Waals surface area contributed by atoms with Gasteiger partial charge in [-0.3, -0.25) is 4.79 Å². The van der Waals surface area contributed by atoms with Gasteiger partial charge in [-0.2, -0.15) is 0 Å². The van der Waals surface area contributed by atoms with Crippen molar-refractivity contribution in [1.29, 1.82) is 0 Å². The largest absolute Gasteiger partial charge is 0.394 e. The van der Waals surface area contributed by atoms with Crippen molar-refractivity contribution in [3.63, 3.8) is 0 Å². The summed E-state index contributed by atoms with van der Waals surface area (Å²) in [6.07, 6.45) is 94.7. The van der Waals surface area contributed by atoms with E-state index in [0.717, 1.165) is 109 Å². The molecule has 0 aromatic heterocycles. The van der Waals surface area contributed by atoms with Crippen molar-refractivity contribution >= 4 is 5.91 Å². The van der Waals surface area contributed by atoms with Crippen LogP contribution in [0.4, 0.5) is 0 Å². The lowest BCUT2D eigenvalue weighted by Gasteiger charge is -2.20. The first-order chi connectivity index (χ1) is 35.2. The minimum Gasteiger partial charge on any atom is -0.394 e. The molecule has 0 spiro atoms. The number of aliphatic hydroxyl groups is 2. The van der Waals surface area contributed by atoms with Gasteiger partial charge in [-0.25, -0.2) is 0 Å². The first-order valence-corrected chi connectivity index (χ1v) is 29.9. The van der Waals surface area contributed by atoms with Crippen molar-refractivity contribution in [1.82, 2.24) is 5.32 Å². The highest BCUT2D eigenvalue weighted by Gasteiger charge is 2.18. The lowest BCUT2D eigenvalue weighted by atomic mass is 10.0. The van der Waals surface area contributed by atoms with Gasteiger partial charge in [-0.15, -0.1) is 0 Å². The number of hydrogen-bond donors (Lipinski definition) is 3. The summed E-state index contributed by atoms with van der Waals surface area (Å²) < 4.78 is 0. The monoisotopic (exact) mass is 980 g/mol. The van der Waals surface area contributed by atoms with Gasteiger partial charge in [0, 0.05) is 6.42 Å². The molecule has 0 aliphatic heterocycles. The molecule has 0 saturated carbocycles. The lowest BCUT2D eigenvalue weighted by molar-refractivity contribution is -0.123. The third-order valence-electron chi connectivity index (χ3n) is 12.9. The Morgan fingerprint density at radius 3 is 0.930 bits per heavy atom. The smallest absolute Gasteiger partial charge is 0.220 e. The predicted molar refractivity (Wildman–Crippen MR) is 317 cm³/mol. The van der Waals surface area contributed by atoms with Crippen LogP contribution in [-0.4, -0.2) is 34.9 Å². The minimum atomic E-state index is -0.861. The van der Waals surface area contributed by atoms with E-state index in [4.69, 9.17) is 0 Å². The van der Waals surface area contributed by atoms with Gasteiger partial charge in [0.15, 0.2) is 0 Å². The minimum absolute atomic E-state index is 0.0917. The van der Waals surface area contributed by atoms with E-state index in [1.165, 1.54) is 135 Å². The second-order valence-corrected chi connectivity index (χ2v) is 19.7. The molecule has 1 amide bonds. The highest BCUT2D eigenvalue weighted by molar-refractivity contribution is 5.76. The quantitative estimate of drug-likeness (QED) is 0.0420. The molecule has 2 unspecified atom stereocenters. The van der Waals surface area contributed by atoms with Gasteiger partial charge in [0.2, 0.25) is 5.91 Å². The number of allylic oxidation sites excluding steroid dienone is 21. The number of carbonyl (C=O) groups excluding carboxylic acids is 1. The van der Waals surface area contributed by atoms with Gasteiger partial charge < -0.3 is 15.5 Å². The Morgan fingerprint density at radius 2 is 0.620 bits per heavy atom. The van der Waals surface area contributed by atoms with Crippen LogP contribution in [-0.2, 0) is 4.79 Å². The van der Waals surface area contributed by atoms with Crippen LogP contribution in [0.15, 0.2) is 134 Å². The first kappa shape index (κ1) is 67.5. The van der Waals surface area contributed by atoms with E-state index in [1.807, 2.05) is 6.08 Å². The van der Waals surface area contributed by atoms with Gasteiger partial charge >= 0.3 is 0 Å². The van der Waals surface area contributed by atoms with E-state index in [-0.39, 0.29) is 12.5 Å². The Morgan fingerprint density at radius 1 is 0.352 bits per heavy atom. The fraction of sp³-hybridized carbons (Fsp3) is 0.657. The van der Waals surface area contributed by atoms with Crippen molar-refractivity contribution < 1.29 is 15.0 Å². The molecule has 0 saturated heterocycles. The maximum Gasteiger partial charge on any atom is 0.220 e. The van der Waals surface area contributed by atoms with E-state index in [0.29, 0.717) is 6.42 Å². The molecule has 0 fully saturated rings. The topological polar surface area (TPSA) is 69.6 Å². The summed E-state index contributed by atoms with van der Waals surface area (Å²) >= 11 is 0. The average Bonchev–Trinajstić information content (AvgIpc) is 3.37. The van der Waals surface area contributed by atoms with Gasteiger partial charge in [0.05, 0.1) is 18.8 Å². The van der Waals surface area contributed by atoms with Crippen LogP contribution < -0.4 is 5.32 Å². The maximum atomic E-state index is 12.5. The van der Waals surface area contributed by atoms with Gasteiger partial charge in [-0.05, 0) is 96.3 Å². The van der Waals surface area contributed by atoms with Crippen LogP contribution >= 0.6 is 0 Å². The Bertz CT molecular complexity index is 1440. The molecule has 4 heteroatoms. The molecule has 0 aliphatic carbocycles. The van der Waals surface area contributed by atoms with Crippen molar-refractivity contribution in [2.45, 2.75) is 276 Å². The fourth-order valence-corrected chi connectivity index (χ4v) is 8.38. The van der Waals surface area contributed by atoms with Crippen molar-refractivity contribution in [2.24, 2.45) is 0 Å². The lowest BCUT2D eigenvalue weighted by Crippen LogP contribution is -2.45. The van der Waals surface area contributed by atoms with Crippen LogP contribution in [0.25, 0.3) is 0 Å². The Hall–Kier alpha value is -3.47. The Balaban J connectivity index is 3.66. The molecule has 0 heterocycles. The zero-order valence-electron chi connectivity index (χ0n) is 46.4. The molecular weight excluding hydrogens is 867 g/mol. The zero-order chi connectivity index (χ0) is 51.3. The van der Waals surface area contributed by atoms with E-state index < -0.39 is 12.1 Å². The van der Waals surface area contributed by atoms with Crippen LogP contribution in [0.3, 0.4) is 0 Å². The molecule has 0 radical (unpaired) electrons. The zero-order valence-corrected chi connectivity index (χ0v) is 46.4. The standard InChI is InChI=1S/C67H113NO3/c1-3-5-7-9-11-13-15-17-19-21-23-25-27-29-30-31-32-33-34-35-36-37-38-39-41-43-45-47-49-51-53-55-57-59-61-63-67(71)68-65(64-69)66(70)62-60-58-56-54-52-50-48-46-44-42-40-28-26-24-22-20-18-16-14-12-10-8-6-4-2/h5,7,11,13,17,19,23,25,29-30,32-33,35-36,38-39,43,45,49,51,60,62,65-66,69-70H,3-4,6,8-10,12,14-16,18,20-22,24,26-28,31,34,37,40-42,44,46-48,50,52-59,61,63-64H2,1-2H3,(H,68,71)/b7-5-,13-11-,19-17-,25-23-,30-29-,33-32-,36-35-,39-38-,45-43-,51-49-,62-60+. The van der Waals surface area contributed by atoms with Crippen LogP contribution in [0, 0.1) is 0 Å². The molecular formula is C67H113NO3. The van der Waals surface area contributed by atoms with Gasteiger partial charge in [0.1, 0.15) is 0 Å². The third kappa shape index (κ3) is 57.3. The third-order valence-corrected chi connectivity index (χ3v) is 12.9.